The van der Waals surface area contributed by atoms with Crippen molar-refractivity contribution in [3.05, 3.63) is 58.7 Å². The van der Waals surface area contributed by atoms with E-state index >= 15 is 0 Å². The molecule has 0 atom stereocenters. The van der Waals surface area contributed by atoms with Crippen molar-refractivity contribution in [3.63, 3.8) is 0 Å². The van der Waals surface area contributed by atoms with Gasteiger partial charge in [-0.2, -0.15) is 0 Å². The lowest BCUT2D eigenvalue weighted by Crippen LogP contribution is -2.04. The number of carbonyl (C=O) groups excluding carboxylic acids is 1. The smallest absolute Gasteiger partial charge is 0.200 e. The number of hydrogen-bond acceptors (Lipinski definition) is 3. The minimum absolute atomic E-state index is 0.0616. The number of rotatable bonds is 4. The minimum Gasteiger partial charge on any atom is -0.507 e. The number of carbonyl (C=O) groups is 1. The molecule has 0 amide bonds. The lowest BCUT2D eigenvalue weighted by atomic mass is 9.97. The Bertz CT molecular complexity index is 589. The summed E-state index contributed by atoms with van der Waals surface area (Å²) < 4.78 is 0. The van der Waals surface area contributed by atoms with Crippen molar-refractivity contribution in [1.29, 1.82) is 0 Å². The fourth-order valence-corrected chi connectivity index (χ4v) is 2.12. The molecule has 0 heterocycles. The van der Waals surface area contributed by atoms with Gasteiger partial charge in [-0.25, -0.2) is 0 Å². The van der Waals surface area contributed by atoms with Crippen LogP contribution in [0.1, 0.15) is 40.9 Å². The van der Waals surface area contributed by atoms with E-state index in [1.54, 1.807) is 24.3 Å². The summed E-state index contributed by atoms with van der Waals surface area (Å²) in [6.45, 7) is 3.96. The number of phenols is 2. The monoisotopic (exact) mass is 270 g/mol. The fourth-order valence-electron chi connectivity index (χ4n) is 2.12. The molecule has 0 spiro atoms. The van der Waals surface area contributed by atoms with Crippen molar-refractivity contribution >= 4 is 5.78 Å². The lowest BCUT2D eigenvalue weighted by molar-refractivity contribution is 0.103. The van der Waals surface area contributed by atoms with Gasteiger partial charge in [-0.05, 0) is 48.2 Å². The summed E-state index contributed by atoms with van der Waals surface area (Å²) >= 11 is 0. The van der Waals surface area contributed by atoms with Crippen LogP contribution in [0, 0.1) is 0 Å². The second-order valence-corrected chi connectivity index (χ2v) is 4.74. The van der Waals surface area contributed by atoms with Crippen LogP contribution in [0.5, 0.6) is 11.5 Å². The van der Waals surface area contributed by atoms with E-state index in [0.29, 0.717) is 0 Å². The van der Waals surface area contributed by atoms with E-state index in [0.717, 1.165) is 24.0 Å². The van der Waals surface area contributed by atoms with Gasteiger partial charge in [0.15, 0.2) is 5.78 Å². The van der Waals surface area contributed by atoms with E-state index in [-0.39, 0.29) is 28.4 Å². The third kappa shape index (κ3) is 2.67. The van der Waals surface area contributed by atoms with Gasteiger partial charge in [0, 0.05) is 0 Å². The number of hydrogen-bond donors (Lipinski definition) is 2. The van der Waals surface area contributed by atoms with Crippen molar-refractivity contribution in [2.45, 2.75) is 26.7 Å². The molecule has 104 valence electrons. The summed E-state index contributed by atoms with van der Waals surface area (Å²) in [5.74, 6) is -0.479. The Hall–Kier alpha value is -2.29. The van der Waals surface area contributed by atoms with Crippen LogP contribution in [-0.4, -0.2) is 16.0 Å². The third-order valence-corrected chi connectivity index (χ3v) is 3.43. The molecule has 0 saturated heterocycles. The second kappa shape index (κ2) is 5.78. The Labute approximate surface area is 118 Å². The zero-order chi connectivity index (χ0) is 14.7. The highest BCUT2D eigenvalue weighted by Crippen LogP contribution is 2.27. The van der Waals surface area contributed by atoms with E-state index in [1.807, 2.05) is 13.8 Å². The van der Waals surface area contributed by atoms with Crippen LogP contribution in [0.15, 0.2) is 36.4 Å². The van der Waals surface area contributed by atoms with Crippen molar-refractivity contribution in [2.24, 2.45) is 0 Å². The minimum atomic E-state index is -0.356. The molecule has 0 radical (unpaired) electrons. The molecule has 20 heavy (non-hydrogen) atoms. The molecule has 0 aliphatic heterocycles. The first kappa shape index (κ1) is 14.1. The molecule has 2 aromatic rings. The molecule has 0 aliphatic rings. The standard InChI is InChI=1S/C17H18O3/c1-3-11-5-7-15(18)13(9-11)17(20)14-10-12(4-2)6-8-16(14)19/h5-10,18-19H,3-4H2,1-2H3. The van der Waals surface area contributed by atoms with Crippen LogP contribution < -0.4 is 0 Å². The zero-order valence-electron chi connectivity index (χ0n) is 11.7. The van der Waals surface area contributed by atoms with Crippen molar-refractivity contribution < 1.29 is 15.0 Å². The SMILES string of the molecule is CCc1ccc(O)c(C(=O)c2cc(CC)ccc2O)c1. The largest absolute Gasteiger partial charge is 0.507 e. The lowest BCUT2D eigenvalue weighted by Gasteiger charge is -2.09. The summed E-state index contributed by atoms with van der Waals surface area (Å²) in [7, 11) is 0. The average Bonchev–Trinajstić information content (AvgIpc) is 2.47. The van der Waals surface area contributed by atoms with Gasteiger partial charge in [0.1, 0.15) is 11.5 Å². The first-order valence-corrected chi connectivity index (χ1v) is 6.75. The highest BCUT2D eigenvalue weighted by atomic mass is 16.3. The highest BCUT2D eigenvalue weighted by molar-refractivity contribution is 6.12. The quantitative estimate of drug-likeness (QED) is 0.836. The van der Waals surface area contributed by atoms with Gasteiger partial charge in [-0.1, -0.05) is 26.0 Å². The maximum Gasteiger partial charge on any atom is 0.200 e. The molecular formula is C17H18O3. The highest BCUT2D eigenvalue weighted by Gasteiger charge is 2.17. The van der Waals surface area contributed by atoms with Crippen LogP contribution in [0.2, 0.25) is 0 Å². The average molecular weight is 270 g/mol. The number of phenolic OH excluding ortho intramolecular Hbond substituents is 2. The van der Waals surface area contributed by atoms with Crippen LogP contribution in [0.4, 0.5) is 0 Å². The van der Waals surface area contributed by atoms with E-state index < -0.39 is 0 Å². The van der Waals surface area contributed by atoms with Gasteiger partial charge in [-0.15, -0.1) is 0 Å². The Morgan fingerprint density at radius 3 is 1.60 bits per heavy atom. The normalized spacial score (nSPS) is 10.5. The summed E-state index contributed by atoms with van der Waals surface area (Å²) in [6.07, 6.45) is 1.56. The van der Waals surface area contributed by atoms with E-state index in [1.165, 1.54) is 12.1 Å². The van der Waals surface area contributed by atoms with Gasteiger partial charge >= 0.3 is 0 Å². The summed E-state index contributed by atoms with van der Waals surface area (Å²) in [6, 6.07) is 9.97. The Morgan fingerprint density at radius 2 is 1.25 bits per heavy atom. The maximum atomic E-state index is 12.5. The third-order valence-electron chi connectivity index (χ3n) is 3.43. The maximum absolute atomic E-state index is 12.5. The van der Waals surface area contributed by atoms with E-state index in [9.17, 15) is 15.0 Å². The molecule has 0 saturated carbocycles. The van der Waals surface area contributed by atoms with Crippen molar-refractivity contribution in [2.75, 3.05) is 0 Å². The topological polar surface area (TPSA) is 57.5 Å². The molecule has 2 rings (SSSR count). The first-order valence-electron chi connectivity index (χ1n) is 6.75. The Morgan fingerprint density at radius 1 is 0.850 bits per heavy atom. The second-order valence-electron chi connectivity index (χ2n) is 4.74. The summed E-state index contributed by atoms with van der Waals surface area (Å²) in [4.78, 5) is 12.5. The van der Waals surface area contributed by atoms with Gasteiger partial charge in [-0.3, -0.25) is 4.79 Å². The number of aromatic hydroxyl groups is 2. The van der Waals surface area contributed by atoms with Gasteiger partial charge < -0.3 is 10.2 Å². The molecule has 0 aromatic heterocycles. The van der Waals surface area contributed by atoms with Crippen molar-refractivity contribution in [3.8, 4) is 11.5 Å². The van der Waals surface area contributed by atoms with E-state index in [2.05, 4.69) is 0 Å². The number of ketones is 1. The van der Waals surface area contributed by atoms with Gasteiger partial charge in [0.2, 0.25) is 0 Å². The molecule has 2 N–H and O–H groups in total. The van der Waals surface area contributed by atoms with Gasteiger partial charge in [0.25, 0.3) is 0 Å². The Kier molecular flexibility index (Phi) is 4.08. The predicted octanol–water partition coefficient (Wildman–Crippen LogP) is 3.45. The molecule has 3 nitrogen and oxygen atoms in total. The van der Waals surface area contributed by atoms with Crippen LogP contribution >= 0.6 is 0 Å². The summed E-state index contributed by atoms with van der Waals surface area (Å²) in [5.41, 5.74) is 2.40. The van der Waals surface area contributed by atoms with Crippen LogP contribution in [0.25, 0.3) is 0 Å². The molecule has 0 fully saturated rings. The van der Waals surface area contributed by atoms with E-state index in [4.69, 9.17) is 0 Å². The molecule has 0 bridgehead atoms. The number of benzene rings is 2. The number of aryl methyl sites for hydroxylation is 2. The van der Waals surface area contributed by atoms with Crippen LogP contribution in [-0.2, 0) is 12.8 Å². The fraction of sp³-hybridized carbons (Fsp3) is 0.235. The first-order chi connectivity index (χ1) is 9.56. The van der Waals surface area contributed by atoms with Crippen molar-refractivity contribution in [1.82, 2.24) is 0 Å². The van der Waals surface area contributed by atoms with Gasteiger partial charge in [0.05, 0.1) is 11.1 Å². The zero-order valence-corrected chi connectivity index (χ0v) is 11.7. The predicted molar refractivity (Wildman–Crippen MR) is 78.4 cm³/mol. The molecule has 2 aromatic carbocycles. The molecular weight excluding hydrogens is 252 g/mol. The Balaban J connectivity index is 2.51. The molecule has 3 heteroatoms. The molecule has 0 unspecified atom stereocenters. The van der Waals surface area contributed by atoms with Crippen LogP contribution in [0.3, 0.4) is 0 Å². The summed E-state index contributed by atoms with van der Waals surface area (Å²) in [5, 5.41) is 19.8. The molecule has 0 aliphatic carbocycles.